The Balaban J connectivity index is 0.00000312. The van der Waals surface area contributed by atoms with Crippen molar-refractivity contribution in [2.75, 3.05) is 32.3 Å². The van der Waals surface area contributed by atoms with Gasteiger partial charge in [-0.05, 0) is 31.0 Å². The van der Waals surface area contributed by atoms with E-state index in [-0.39, 0.29) is 41.5 Å². The lowest BCUT2D eigenvalue weighted by atomic mass is 10.2. The first-order chi connectivity index (χ1) is 11.5. The normalized spacial score (nSPS) is 19.0. The fraction of sp³-hybridized carbons (Fsp3) is 0.562. The molecule has 0 aliphatic carbocycles. The molecule has 2 rings (SSSR count). The second kappa shape index (κ2) is 10.0. The maximum Gasteiger partial charge on any atom is 0.191 e. The molecule has 0 bridgehead atoms. The van der Waals surface area contributed by atoms with E-state index in [4.69, 9.17) is 9.47 Å². The van der Waals surface area contributed by atoms with Crippen molar-refractivity contribution in [1.29, 1.82) is 0 Å². The maximum atomic E-state index is 11.6. The van der Waals surface area contributed by atoms with Gasteiger partial charge in [0, 0.05) is 12.6 Å². The summed E-state index contributed by atoms with van der Waals surface area (Å²) in [4.78, 5) is 4.53. The van der Waals surface area contributed by atoms with Crippen LogP contribution in [0.15, 0.2) is 23.2 Å². The van der Waals surface area contributed by atoms with Gasteiger partial charge in [0.1, 0.15) is 0 Å². The third-order valence-corrected chi connectivity index (χ3v) is 5.55. The zero-order chi connectivity index (χ0) is 17.6. The smallest absolute Gasteiger partial charge is 0.191 e. The predicted octanol–water partition coefficient (Wildman–Crippen LogP) is 1.56. The Kier molecular flexibility index (Phi) is 8.77. The molecule has 1 atom stereocenters. The maximum absolute atomic E-state index is 11.6. The number of guanidine groups is 1. The number of halogens is 1. The Morgan fingerprint density at radius 2 is 2.00 bits per heavy atom. The van der Waals surface area contributed by atoms with E-state index in [1.165, 1.54) is 0 Å². The second-order valence-electron chi connectivity index (χ2n) is 5.63. The summed E-state index contributed by atoms with van der Waals surface area (Å²) in [6.07, 6.45) is 0.614. The van der Waals surface area contributed by atoms with Crippen LogP contribution in [0.1, 0.15) is 18.9 Å². The first-order valence-corrected chi connectivity index (χ1v) is 9.75. The molecule has 0 amide bonds. The quantitative estimate of drug-likeness (QED) is 0.363. The minimum Gasteiger partial charge on any atom is -0.493 e. The SMILES string of the molecule is CCNC(=NCc1ccc(OC)c(OC)c1)NC1CCS(=O)(=O)C1.I. The largest absolute Gasteiger partial charge is 0.493 e. The van der Waals surface area contributed by atoms with E-state index in [9.17, 15) is 8.42 Å². The molecule has 25 heavy (non-hydrogen) atoms. The third-order valence-electron chi connectivity index (χ3n) is 3.79. The Morgan fingerprint density at radius 3 is 2.56 bits per heavy atom. The van der Waals surface area contributed by atoms with Crippen LogP contribution in [-0.4, -0.2) is 52.7 Å². The van der Waals surface area contributed by atoms with Crippen LogP contribution in [0, 0.1) is 0 Å². The molecule has 1 unspecified atom stereocenters. The van der Waals surface area contributed by atoms with Gasteiger partial charge in [-0.1, -0.05) is 6.07 Å². The van der Waals surface area contributed by atoms with Crippen LogP contribution in [0.5, 0.6) is 11.5 Å². The number of hydrogen-bond acceptors (Lipinski definition) is 5. The molecule has 7 nitrogen and oxygen atoms in total. The Morgan fingerprint density at radius 1 is 1.28 bits per heavy atom. The molecule has 0 spiro atoms. The van der Waals surface area contributed by atoms with Gasteiger partial charge in [-0.15, -0.1) is 24.0 Å². The van der Waals surface area contributed by atoms with Gasteiger partial charge in [-0.2, -0.15) is 0 Å². The van der Waals surface area contributed by atoms with Crippen LogP contribution in [0.4, 0.5) is 0 Å². The van der Waals surface area contributed by atoms with Crippen molar-refractivity contribution in [2.45, 2.75) is 25.9 Å². The van der Waals surface area contributed by atoms with Crippen molar-refractivity contribution in [2.24, 2.45) is 4.99 Å². The molecular weight excluding hydrogens is 457 g/mol. The summed E-state index contributed by atoms with van der Waals surface area (Å²) in [6, 6.07) is 5.56. The molecule has 142 valence electrons. The molecule has 1 saturated heterocycles. The Labute approximate surface area is 166 Å². The van der Waals surface area contributed by atoms with Crippen molar-refractivity contribution >= 4 is 39.8 Å². The first kappa shape index (κ1) is 21.8. The third kappa shape index (κ3) is 6.53. The van der Waals surface area contributed by atoms with E-state index in [1.54, 1.807) is 14.2 Å². The van der Waals surface area contributed by atoms with Gasteiger partial charge in [-0.3, -0.25) is 0 Å². The molecule has 1 aliphatic rings. The number of benzene rings is 1. The number of rotatable bonds is 6. The molecule has 1 heterocycles. The molecule has 0 aromatic heterocycles. The highest BCUT2D eigenvalue weighted by atomic mass is 127. The summed E-state index contributed by atoms with van der Waals surface area (Å²) in [5.41, 5.74) is 0.976. The topological polar surface area (TPSA) is 89.0 Å². The van der Waals surface area contributed by atoms with Gasteiger partial charge in [0.2, 0.25) is 0 Å². The van der Waals surface area contributed by atoms with Crippen molar-refractivity contribution in [3.63, 3.8) is 0 Å². The van der Waals surface area contributed by atoms with Crippen LogP contribution >= 0.6 is 24.0 Å². The lowest BCUT2D eigenvalue weighted by Gasteiger charge is -2.16. The Bertz CT molecular complexity index is 695. The number of nitrogens with one attached hydrogen (secondary N) is 2. The molecule has 1 fully saturated rings. The molecular formula is C16H26IN3O4S. The van der Waals surface area contributed by atoms with Crippen LogP contribution < -0.4 is 20.1 Å². The lowest BCUT2D eigenvalue weighted by molar-refractivity contribution is 0.354. The van der Waals surface area contributed by atoms with Gasteiger partial charge < -0.3 is 20.1 Å². The second-order valence-corrected chi connectivity index (χ2v) is 7.86. The van der Waals surface area contributed by atoms with E-state index < -0.39 is 9.84 Å². The summed E-state index contributed by atoms with van der Waals surface area (Å²) < 4.78 is 33.6. The molecule has 1 aromatic carbocycles. The standard InChI is InChI=1S/C16H25N3O4S.HI/c1-4-17-16(19-13-7-8-24(20,21)11-13)18-10-12-5-6-14(22-2)15(9-12)23-3;/h5-6,9,13H,4,7-8,10-11H2,1-3H3,(H2,17,18,19);1H. The zero-order valence-electron chi connectivity index (χ0n) is 14.7. The van der Waals surface area contributed by atoms with Gasteiger partial charge in [0.15, 0.2) is 27.3 Å². The summed E-state index contributed by atoms with van der Waals surface area (Å²) >= 11 is 0. The molecule has 0 saturated carbocycles. The van der Waals surface area contributed by atoms with E-state index in [2.05, 4.69) is 15.6 Å². The van der Waals surface area contributed by atoms with Gasteiger partial charge in [0.25, 0.3) is 0 Å². The number of nitrogens with zero attached hydrogens (tertiary/aromatic N) is 1. The predicted molar refractivity (Wildman–Crippen MR) is 110 cm³/mol. The van der Waals surface area contributed by atoms with Gasteiger partial charge in [0.05, 0.1) is 32.3 Å². The number of aliphatic imine (C=N–C) groups is 1. The Hall–Kier alpha value is -1.23. The average molecular weight is 483 g/mol. The fourth-order valence-electron chi connectivity index (χ4n) is 2.57. The van der Waals surface area contributed by atoms with Crippen LogP contribution in [-0.2, 0) is 16.4 Å². The van der Waals surface area contributed by atoms with Crippen LogP contribution in [0.25, 0.3) is 0 Å². The fourth-order valence-corrected chi connectivity index (χ4v) is 4.24. The zero-order valence-corrected chi connectivity index (χ0v) is 17.9. The van der Waals surface area contributed by atoms with Crippen molar-refractivity contribution in [3.8, 4) is 11.5 Å². The minimum absolute atomic E-state index is 0. The minimum atomic E-state index is -2.92. The van der Waals surface area contributed by atoms with E-state index >= 15 is 0 Å². The van der Waals surface area contributed by atoms with Crippen LogP contribution in [0.3, 0.4) is 0 Å². The summed E-state index contributed by atoms with van der Waals surface area (Å²) in [5.74, 6) is 2.35. The van der Waals surface area contributed by atoms with Crippen molar-refractivity contribution in [3.05, 3.63) is 23.8 Å². The van der Waals surface area contributed by atoms with Crippen molar-refractivity contribution < 1.29 is 17.9 Å². The monoisotopic (exact) mass is 483 g/mol. The first-order valence-electron chi connectivity index (χ1n) is 7.93. The van der Waals surface area contributed by atoms with Crippen molar-refractivity contribution in [1.82, 2.24) is 10.6 Å². The number of hydrogen-bond donors (Lipinski definition) is 2. The molecule has 9 heteroatoms. The molecule has 1 aliphatic heterocycles. The number of methoxy groups -OCH3 is 2. The lowest BCUT2D eigenvalue weighted by Crippen LogP contribution is -2.44. The number of ether oxygens (including phenoxy) is 2. The average Bonchev–Trinajstić information content (AvgIpc) is 2.91. The summed E-state index contributed by atoms with van der Waals surface area (Å²) in [5, 5.41) is 6.34. The van der Waals surface area contributed by atoms with Crippen LogP contribution in [0.2, 0.25) is 0 Å². The van der Waals surface area contributed by atoms with E-state index in [0.29, 0.717) is 37.0 Å². The van der Waals surface area contributed by atoms with E-state index in [0.717, 1.165) is 5.56 Å². The number of sulfone groups is 1. The molecule has 1 aromatic rings. The van der Waals surface area contributed by atoms with Gasteiger partial charge in [-0.25, -0.2) is 13.4 Å². The van der Waals surface area contributed by atoms with Gasteiger partial charge >= 0.3 is 0 Å². The summed E-state index contributed by atoms with van der Waals surface area (Å²) in [6.45, 7) is 3.13. The molecule has 0 radical (unpaired) electrons. The summed E-state index contributed by atoms with van der Waals surface area (Å²) in [7, 11) is 0.275. The highest BCUT2D eigenvalue weighted by Gasteiger charge is 2.28. The molecule has 2 N–H and O–H groups in total. The van der Waals surface area contributed by atoms with E-state index in [1.807, 2.05) is 25.1 Å². The highest BCUT2D eigenvalue weighted by Crippen LogP contribution is 2.27. The highest BCUT2D eigenvalue weighted by molar-refractivity contribution is 14.0.